The van der Waals surface area contributed by atoms with Gasteiger partial charge in [0, 0.05) is 0 Å². The van der Waals surface area contributed by atoms with Gasteiger partial charge in [-0.3, -0.25) is 0 Å². The van der Waals surface area contributed by atoms with Gasteiger partial charge in [-0.05, 0) is 0 Å². The van der Waals surface area contributed by atoms with Crippen molar-refractivity contribution < 1.29 is 0 Å². The molecule has 2 aromatic heterocycles. The molecule has 7 aromatic carbocycles. The molecule has 3 nitrogen and oxygen atoms in total. The van der Waals surface area contributed by atoms with E-state index in [1.165, 1.54) is 24.9 Å². The van der Waals surface area contributed by atoms with E-state index < -0.39 is 0 Å². The fraction of sp³-hybridized carbons (Fsp3) is 0. The van der Waals surface area contributed by atoms with Crippen molar-refractivity contribution in [2.45, 2.75) is 0 Å². The van der Waals surface area contributed by atoms with E-state index in [1.807, 2.05) is 6.07 Å². The second kappa shape index (κ2) is 12.6. The monoisotopic (exact) mass is 691 g/mol. The normalized spacial score (nSPS) is 11.3. The molecule has 0 aliphatic rings. The molecule has 0 aliphatic carbocycles. The first-order chi connectivity index (χ1) is 24.3. The van der Waals surface area contributed by atoms with E-state index in [0.717, 1.165) is 61.5 Å². The Labute approximate surface area is 290 Å². The van der Waals surface area contributed by atoms with Gasteiger partial charge >= 0.3 is 292 Å². The summed E-state index contributed by atoms with van der Waals surface area (Å²) < 4.78 is 2.81. The van der Waals surface area contributed by atoms with Gasteiger partial charge in [0.15, 0.2) is 0 Å². The van der Waals surface area contributed by atoms with E-state index in [4.69, 9.17) is 10.2 Å². The number of fused-ring (bicyclic) bond motifs is 3. The number of hydrogen-bond acceptors (Lipinski definition) is 3. The zero-order valence-corrected chi connectivity index (χ0v) is 28.2. The molecule has 0 amide bonds. The van der Waals surface area contributed by atoms with Crippen molar-refractivity contribution in [1.29, 1.82) is 0 Å². The van der Waals surface area contributed by atoms with Gasteiger partial charge in [-0.25, -0.2) is 0 Å². The zero-order valence-electron chi connectivity index (χ0n) is 26.5. The van der Waals surface area contributed by atoms with Crippen LogP contribution in [0.5, 0.6) is 0 Å². The predicted molar refractivity (Wildman–Crippen MR) is 204 cm³/mol. The van der Waals surface area contributed by atoms with E-state index in [0.29, 0.717) is 0 Å². The molecular weight excluding hydrogens is 661 g/mol. The summed E-state index contributed by atoms with van der Waals surface area (Å²) in [6.45, 7) is 0. The van der Waals surface area contributed by atoms with Gasteiger partial charge < -0.3 is 0 Å². The third kappa shape index (κ3) is 5.19. The number of hydrogen-bond donors (Lipinski definition) is 0. The van der Waals surface area contributed by atoms with E-state index in [2.05, 4.69) is 175 Å². The van der Waals surface area contributed by atoms with Crippen LogP contribution in [0.4, 0.5) is 0 Å². The molecule has 0 aliphatic heterocycles. The number of aromatic nitrogens is 3. The van der Waals surface area contributed by atoms with E-state index >= 15 is 0 Å². The van der Waals surface area contributed by atoms with E-state index in [1.54, 1.807) is 0 Å². The van der Waals surface area contributed by atoms with Crippen molar-refractivity contribution >= 4 is 33.8 Å². The number of nitrogens with zero attached hydrogens (tertiary/aromatic N) is 3. The van der Waals surface area contributed by atoms with Crippen molar-refractivity contribution in [1.82, 2.24) is 15.4 Å². The van der Waals surface area contributed by atoms with Crippen LogP contribution in [0, 0.1) is 0 Å². The Morgan fingerprint density at radius 2 is 0.837 bits per heavy atom. The molecule has 9 rings (SSSR count). The molecular formula is C45H29N3Se. The minimum atomic E-state index is 0.220. The third-order valence-corrected chi connectivity index (χ3v) is 11.5. The van der Waals surface area contributed by atoms with Gasteiger partial charge in [0.05, 0.1) is 0 Å². The Bertz CT molecular complexity index is 2580. The summed E-state index contributed by atoms with van der Waals surface area (Å²) >= 11 is 0.220. The van der Waals surface area contributed by atoms with Crippen molar-refractivity contribution in [2.75, 3.05) is 0 Å². The van der Waals surface area contributed by atoms with Crippen molar-refractivity contribution in [3.05, 3.63) is 176 Å². The summed E-state index contributed by atoms with van der Waals surface area (Å²) in [7, 11) is 0. The van der Waals surface area contributed by atoms with Crippen LogP contribution in [0.15, 0.2) is 176 Å². The molecule has 0 radical (unpaired) electrons. The molecule has 4 heteroatoms. The Morgan fingerprint density at radius 1 is 0.327 bits per heavy atom. The molecule has 0 unspecified atom stereocenters. The maximum atomic E-state index is 5.00. The van der Waals surface area contributed by atoms with Crippen molar-refractivity contribution in [3.63, 3.8) is 0 Å². The predicted octanol–water partition coefficient (Wildman–Crippen LogP) is 11.2. The van der Waals surface area contributed by atoms with Crippen LogP contribution >= 0.6 is 0 Å². The fourth-order valence-electron chi connectivity index (χ4n) is 7.00. The second-order valence-corrected chi connectivity index (χ2v) is 14.3. The SMILES string of the molecule is c1ccc(-c2ccc(-c3ccccc3)c(-c3cccc4[se]c5ccccc5c34)c2-c2nnnc(-c3ccccc3)c2-c2ccccc2)cc1. The van der Waals surface area contributed by atoms with Crippen LogP contribution in [0.2, 0.25) is 0 Å². The van der Waals surface area contributed by atoms with Crippen LogP contribution in [-0.4, -0.2) is 29.9 Å². The minimum absolute atomic E-state index is 0.220. The molecule has 9 aromatic rings. The van der Waals surface area contributed by atoms with Crippen LogP contribution in [0.1, 0.15) is 0 Å². The molecule has 230 valence electrons. The Kier molecular flexibility index (Phi) is 7.51. The van der Waals surface area contributed by atoms with Gasteiger partial charge in [0.2, 0.25) is 0 Å². The number of rotatable bonds is 6. The molecule has 0 fully saturated rings. The van der Waals surface area contributed by atoms with Gasteiger partial charge in [-0.1, -0.05) is 0 Å². The molecule has 0 saturated carbocycles. The molecule has 0 bridgehead atoms. The van der Waals surface area contributed by atoms with Crippen LogP contribution in [0.3, 0.4) is 0 Å². The molecule has 0 N–H and O–H groups in total. The van der Waals surface area contributed by atoms with Gasteiger partial charge in [0.1, 0.15) is 0 Å². The van der Waals surface area contributed by atoms with Crippen LogP contribution in [0.25, 0.3) is 86.3 Å². The van der Waals surface area contributed by atoms with Crippen LogP contribution < -0.4 is 0 Å². The van der Waals surface area contributed by atoms with Crippen molar-refractivity contribution in [2.24, 2.45) is 0 Å². The third-order valence-electron chi connectivity index (χ3n) is 9.16. The number of benzene rings is 7. The summed E-state index contributed by atoms with van der Waals surface area (Å²) in [6.07, 6.45) is 0. The average molecular weight is 691 g/mol. The average Bonchev–Trinajstić information content (AvgIpc) is 3.58. The first-order valence-electron chi connectivity index (χ1n) is 16.4. The van der Waals surface area contributed by atoms with Crippen LogP contribution in [-0.2, 0) is 0 Å². The standard InChI is InChI=1S/C45H29N3Se/c1-5-16-30(17-6-1)34-28-29-35(31-18-7-2-8-19-31)43(42(34)37-25-15-27-39-41(37)36-24-13-14-26-38(36)49-39)45-40(32-20-9-3-10-21-32)44(46-48-47-45)33-22-11-4-12-23-33/h1-29H. The van der Waals surface area contributed by atoms with Gasteiger partial charge in [0.25, 0.3) is 0 Å². The Hall–Kier alpha value is -5.93. The topological polar surface area (TPSA) is 38.7 Å². The van der Waals surface area contributed by atoms with E-state index in [9.17, 15) is 0 Å². The van der Waals surface area contributed by atoms with Gasteiger partial charge in [-0.15, -0.1) is 0 Å². The molecule has 0 atom stereocenters. The van der Waals surface area contributed by atoms with Gasteiger partial charge in [-0.2, -0.15) is 0 Å². The quantitative estimate of drug-likeness (QED) is 0.163. The Balaban J connectivity index is 1.50. The summed E-state index contributed by atoms with van der Waals surface area (Å²) in [6, 6.07) is 62.5. The first-order valence-corrected chi connectivity index (χ1v) is 18.1. The maximum absolute atomic E-state index is 5.00. The molecule has 49 heavy (non-hydrogen) atoms. The summed E-state index contributed by atoms with van der Waals surface area (Å²) in [5, 5.41) is 16.9. The molecule has 0 spiro atoms. The fourth-order valence-corrected chi connectivity index (χ4v) is 9.38. The molecule has 0 saturated heterocycles. The second-order valence-electron chi connectivity index (χ2n) is 12.0. The zero-order chi connectivity index (χ0) is 32.6. The van der Waals surface area contributed by atoms with Crippen molar-refractivity contribution in [3.8, 4) is 67.0 Å². The summed E-state index contributed by atoms with van der Waals surface area (Å²) in [5.41, 5.74) is 12.5. The first kappa shape index (κ1) is 29.2. The van der Waals surface area contributed by atoms with E-state index in [-0.39, 0.29) is 14.5 Å². The molecule has 2 heterocycles. The Morgan fingerprint density at radius 3 is 1.49 bits per heavy atom. The summed E-state index contributed by atoms with van der Waals surface area (Å²) in [4.78, 5) is 0. The summed E-state index contributed by atoms with van der Waals surface area (Å²) in [5.74, 6) is 0.